The van der Waals surface area contributed by atoms with Gasteiger partial charge >= 0.3 is 0 Å². The number of ether oxygens (including phenoxy) is 1. The van der Waals surface area contributed by atoms with E-state index in [2.05, 4.69) is 15.6 Å². The zero-order valence-electron chi connectivity index (χ0n) is 20.1. The van der Waals surface area contributed by atoms with Crippen LogP contribution in [0.3, 0.4) is 0 Å². The lowest BCUT2D eigenvalue weighted by atomic mass is 9.73. The third kappa shape index (κ3) is 5.30. The molecule has 9 nitrogen and oxygen atoms in total. The molecule has 13 heteroatoms. The molecule has 198 valence electrons. The third-order valence-electron chi connectivity index (χ3n) is 7.30. The molecule has 1 aliphatic heterocycles. The summed E-state index contributed by atoms with van der Waals surface area (Å²) in [5.74, 6) is 0.468. The van der Waals surface area contributed by atoms with Crippen LogP contribution < -0.4 is 16.4 Å². The van der Waals surface area contributed by atoms with Gasteiger partial charge in [0.2, 0.25) is 17.8 Å². The number of carbonyl (C=O) groups is 1. The number of carbonyl (C=O) groups excluding carboxylic acids is 1. The van der Waals surface area contributed by atoms with Crippen LogP contribution in [0.1, 0.15) is 45.1 Å². The van der Waals surface area contributed by atoms with Gasteiger partial charge in [-0.2, -0.15) is 4.98 Å². The summed E-state index contributed by atoms with van der Waals surface area (Å²) in [6.45, 7) is 2.40. The van der Waals surface area contributed by atoms with E-state index < -0.39 is 17.6 Å². The fourth-order valence-corrected chi connectivity index (χ4v) is 5.86. The Morgan fingerprint density at radius 1 is 1.19 bits per heavy atom. The van der Waals surface area contributed by atoms with E-state index in [1.165, 1.54) is 0 Å². The summed E-state index contributed by atoms with van der Waals surface area (Å²) in [6.07, 6.45) is 3.56. The van der Waals surface area contributed by atoms with Crippen molar-refractivity contribution in [3.8, 4) is 0 Å². The minimum absolute atomic E-state index is 0.0369. The van der Waals surface area contributed by atoms with Gasteiger partial charge < -0.3 is 21.1 Å². The Morgan fingerprint density at radius 2 is 1.89 bits per heavy atom. The number of aromatic nitrogens is 4. The minimum Gasteiger partial charge on any atom is -0.378 e. The van der Waals surface area contributed by atoms with Crippen molar-refractivity contribution in [2.75, 3.05) is 23.8 Å². The highest BCUT2D eigenvalue weighted by Gasteiger charge is 2.38. The first-order chi connectivity index (χ1) is 17.6. The molecule has 2 aliphatic rings. The maximum atomic E-state index is 14.4. The van der Waals surface area contributed by atoms with Crippen molar-refractivity contribution in [3.63, 3.8) is 0 Å². The van der Waals surface area contributed by atoms with E-state index in [1.807, 2.05) is 11.5 Å². The second kappa shape index (κ2) is 10.4. The van der Waals surface area contributed by atoms with Crippen LogP contribution in [-0.4, -0.2) is 50.9 Å². The number of anilines is 3. The van der Waals surface area contributed by atoms with Gasteiger partial charge in [-0.1, -0.05) is 41.7 Å². The molecule has 1 amide bonds. The van der Waals surface area contributed by atoms with Crippen LogP contribution in [0, 0.1) is 5.41 Å². The molecule has 2 atom stereocenters. The standard InChI is InChI=1S/C24H27Cl3FN7O2/c1-24(21(29)36)5-2-13(3-6-24)35-20-18(10-30-22(34-20)31-17-4-7-37-11-16(17)28)32-23(35)33-19-14(26)8-12(25)9-15(19)27/h8-10,13,16-17H,2-7,11H2,1H3,(H2,29,36)(H,32,33)(H,30,31,34)/t13-,16-,17-,24+/m0/s1. The topological polar surface area (TPSA) is 120 Å². The van der Waals surface area contributed by atoms with E-state index in [-0.39, 0.29) is 18.6 Å². The Bertz CT molecular complexity index is 1310. The first kappa shape index (κ1) is 26.2. The van der Waals surface area contributed by atoms with Crippen molar-refractivity contribution in [1.29, 1.82) is 0 Å². The van der Waals surface area contributed by atoms with E-state index in [4.69, 9.17) is 55.2 Å². The fraction of sp³-hybridized carbons (Fsp3) is 0.500. The second-order valence-corrected chi connectivity index (χ2v) is 11.1. The van der Waals surface area contributed by atoms with E-state index in [0.717, 1.165) is 0 Å². The van der Waals surface area contributed by atoms with Gasteiger partial charge in [0.25, 0.3) is 0 Å². The highest BCUT2D eigenvalue weighted by molar-refractivity contribution is 6.41. The van der Waals surface area contributed by atoms with Crippen molar-refractivity contribution < 1.29 is 13.9 Å². The Balaban J connectivity index is 1.54. The zero-order chi connectivity index (χ0) is 26.3. The van der Waals surface area contributed by atoms with Gasteiger partial charge in [0.15, 0.2) is 5.65 Å². The molecule has 2 aromatic heterocycles. The summed E-state index contributed by atoms with van der Waals surface area (Å²) in [7, 11) is 0. The molecule has 1 aliphatic carbocycles. The first-order valence-corrected chi connectivity index (χ1v) is 13.2. The van der Waals surface area contributed by atoms with Crippen molar-refractivity contribution in [1.82, 2.24) is 19.5 Å². The summed E-state index contributed by atoms with van der Waals surface area (Å²) in [5.41, 5.74) is 6.67. The first-order valence-electron chi connectivity index (χ1n) is 12.1. The van der Waals surface area contributed by atoms with Crippen LogP contribution in [0.5, 0.6) is 0 Å². The number of imidazole rings is 1. The van der Waals surface area contributed by atoms with E-state index >= 15 is 0 Å². The van der Waals surface area contributed by atoms with Crippen LogP contribution in [0.25, 0.3) is 11.2 Å². The number of alkyl halides is 1. The lowest BCUT2D eigenvalue weighted by Crippen LogP contribution is -2.39. The molecular weight excluding hydrogens is 544 g/mol. The number of hydrogen-bond acceptors (Lipinski definition) is 7. The number of fused-ring (bicyclic) bond motifs is 1. The summed E-state index contributed by atoms with van der Waals surface area (Å²) in [5, 5.41) is 7.44. The maximum Gasteiger partial charge on any atom is 0.225 e. The van der Waals surface area contributed by atoms with Gasteiger partial charge in [-0.3, -0.25) is 9.36 Å². The molecule has 3 aromatic rings. The molecule has 37 heavy (non-hydrogen) atoms. The third-order valence-corrected chi connectivity index (χ3v) is 8.11. The highest BCUT2D eigenvalue weighted by Crippen LogP contribution is 2.44. The molecule has 1 saturated carbocycles. The monoisotopic (exact) mass is 569 g/mol. The smallest absolute Gasteiger partial charge is 0.225 e. The van der Waals surface area contributed by atoms with Crippen LogP contribution in [0.4, 0.5) is 22.0 Å². The average Bonchev–Trinajstić information content (AvgIpc) is 3.20. The number of nitrogens with zero attached hydrogens (tertiary/aromatic N) is 4. The van der Waals surface area contributed by atoms with E-state index in [0.29, 0.717) is 82.5 Å². The number of primary amides is 1. The number of nitrogens with two attached hydrogens (primary N) is 1. The molecule has 0 bridgehead atoms. The van der Waals surface area contributed by atoms with Crippen LogP contribution in [0.2, 0.25) is 15.1 Å². The fourth-order valence-electron chi connectivity index (χ4n) is 4.94. The minimum atomic E-state index is -1.16. The molecule has 2 fully saturated rings. The molecule has 1 saturated heterocycles. The van der Waals surface area contributed by atoms with Crippen molar-refractivity contribution in [3.05, 3.63) is 33.4 Å². The molecule has 0 radical (unpaired) electrons. The van der Waals surface area contributed by atoms with Gasteiger partial charge in [0.1, 0.15) is 11.7 Å². The quantitative estimate of drug-likeness (QED) is 0.349. The van der Waals surface area contributed by atoms with E-state index in [9.17, 15) is 9.18 Å². The van der Waals surface area contributed by atoms with Crippen molar-refractivity contribution >= 4 is 69.5 Å². The lowest BCUT2D eigenvalue weighted by Gasteiger charge is -2.35. The Labute approximate surface area is 228 Å². The number of benzene rings is 1. The van der Waals surface area contributed by atoms with Crippen LogP contribution >= 0.6 is 34.8 Å². The number of nitrogens with one attached hydrogen (secondary N) is 2. The van der Waals surface area contributed by atoms with Crippen molar-refractivity contribution in [2.45, 2.75) is 57.3 Å². The molecule has 4 N–H and O–H groups in total. The predicted octanol–water partition coefficient (Wildman–Crippen LogP) is 5.68. The molecule has 0 unspecified atom stereocenters. The molecular formula is C24H27Cl3FN7O2. The van der Waals surface area contributed by atoms with Gasteiger partial charge in [-0.15, -0.1) is 0 Å². The largest absolute Gasteiger partial charge is 0.378 e. The van der Waals surface area contributed by atoms with Crippen LogP contribution in [0.15, 0.2) is 18.3 Å². The molecule has 5 rings (SSSR count). The van der Waals surface area contributed by atoms with Crippen LogP contribution in [-0.2, 0) is 9.53 Å². The summed E-state index contributed by atoms with van der Waals surface area (Å²) in [4.78, 5) is 25.9. The molecule has 1 aromatic carbocycles. The Kier molecular flexibility index (Phi) is 7.37. The average molecular weight is 571 g/mol. The Morgan fingerprint density at radius 3 is 2.54 bits per heavy atom. The van der Waals surface area contributed by atoms with Gasteiger partial charge in [-0.05, 0) is 44.2 Å². The van der Waals surface area contributed by atoms with Gasteiger partial charge in [0.05, 0.1) is 34.6 Å². The zero-order valence-corrected chi connectivity index (χ0v) is 22.4. The number of amides is 1. The number of rotatable bonds is 6. The summed E-state index contributed by atoms with van der Waals surface area (Å²) >= 11 is 19.0. The maximum absolute atomic E-state index is 14.4. The van der Waals surface area contributed by atoms with Gasteiger partial charge in [-0.25, -0.2) is 14.4 Å². The van der Waals surface area contributed by atoms with Crippen molar-refractivity contribution in [2.24, 2.45) is 11.1 Å². The molecule has 3 heterocycles. The highest BCUT2D eigenvalue weighted by atomic mass is 35.5. The number of hydrogen-bond donors (Lipinski definition) is 3. The molecule has 0 spiro atoms. The summed E-state index contributed by atoms with van der Waals surface area (Å²) in [6, 6.07) is 2.70. The normalized spacial score (nSPS) is 26.2. The predicted molar refractivity (Wildman–Crippen MR) is 143 cm³/mol. The second-order valence-electron chi connectivity index (χ2n) is 9.86. The summed E-state index contributed by atoms with van der Waals surface area (Å²) < 4.78 is 21.5. The number of halogens is 4. The Hall–Kier alpha value is -2.40. The lowest BCUT2D eigenvalue weighted by molar-refractivity contribution is -0.128. The SMILES string of the molecule is C[C@]1(C(N)=O)CC[C@@H](n2c(Nc3c(Cl)cc(Cl)cc3Cl)nc3cnc(N[C@H]4CCOC[C@@H]4F)nc32)CC1. The van der Waals surface area contributed by atoms with Gasteiger partial charge in [0, 0.05) is 23.1 Å². The van der Waals surface area contributed by atoms with E-state index in [1.54, 1.807) is 18.3 Å².